The third kappa shape index (κ3) is 3.61. The van der Waals surface area contributed by atoms with Crippen LogP contribution in [0.4, 0.5) is 4.79 Å². The molecule has 1 saturated carbocycles. The molecule has 0 radical (unpaired) electrons. The predicted octanol–water partition coefficient (Wildman–Crippen LogP) is 3.05. The number of carboxylic acid groups (broad SMARTS) is 1. The first-order valence-electron chi connectivity index (χ1n) is 8.09. The molecule has 2 aliphatic rings. The Morgan fingerprint density at radius 3 is 2.65 bits per heavy atom. The van der Waals surface area contributed by atoms with Crippen LogP contribution in [0.25, 0.3) is 0 Å². The Hall–Kier alpha value is -1.75. The van der Waals surface area contributed by atoms with Crippen LogP contribution in [0.2, 0.25) is 5.02 Å². The van der Waals surface area contributed by atoms with Crippen LogP contribution < -0.4 is 5.32 Å². The highest BCUT2D eigenvalue weighted by atomic mass is 35.5. The van der Waals surface area contributed by atoms with Gasteiger partial charge in [0.2, 0.25) is 0 Å². The van der Waals surface area contributed by atoms with Gasteiger partial charge in [-0.05, 0) is 49.3 Å². The fourth-order valence-corrected chi connectivity index (χ4v) is 3.72. The molecule has 0 spiro atoms. The normalized spacial score (nSPS) is 24.0. The van der Waals surface area contributed by atoms with E-state index in [4.69, 9.17) is 16.7 Å². The first kappa shape index (κ1) is 16.1. The molecule has 1 aromatic carbocycles. The van der Waals surface area contributed by atoms with Crippen molar-refractivity contribution in [3.8, 4) is 0 Å². The maximum Gasteiger partial charge on any atom is 0.317 e. The van der Waals surface area contributed by atoms with E-state index in [1.54, 1.807) is 4.90 Å². The van der Waals surface area contributed by atoms with Gasteiger partial charge in [0.1, 0.15) is 0 Å². The monoisotopic (exact) mass is 336 g/mol. The zero-order valence-corrected chi connectivity index (χ0v) is 13.7. The summed E-state index contributed by atoms with van der Waals surface area (Å²) >= 11 is 6.24. The van der Waals surface area contributed by atoms with Gasteiger partial charge in [-0.15, -0.1) is 0 Å². The molecule has 2 amide bonds. The number of nitrogens with zero attached hydrogens (tertiary/aromatic N) is 1. The fraction of sp³-hybridized carbons (Fsp3) is 0.529. The van der Waals surface area contributed by atoms with Gasteiger partial charge in [-0.2, -0.15) is 0 Å². The Morgan fingerprint density at radius 2 is 1.96 bits per heavy atom. The molecule has 2 N–H and O–H groups in total. The lowest BCUT2D eigenvalue weighted by atomic mass is 9.86. The highest BCUT2D eigenvalue weighted by molar-refractivity contribution is 6.31. The molecule has 0 bridgehead atoms. The SMILES string of the molecule is O=C(O)C1CCC(NC(=O)N2CCc3cccc(Cl)c3C2)CC1. The van der Waals surface area contributed by atoms with E-state index in [1.165, 1.54) is 5.56 Å². The largest absolute Gasteiger partial charge is 0.481 e. The molecule has 0 unspecified atom stereocenters. The van der Waals surface area contributed by atoms with Gasteiger partial charge in [0.15, 0.2) is 0 Å². The van der Waals surface area contributed by atoms with Crippen LogP contribution in [0, 0.1) is 5.92 Å². The van der Waals surface area contributed by atoms with Crippen LogP contribution >= 0.6 is 11.6 Å². The number of carbonyl (C=O) groups excluding carboxylic acids is 1. The number of urea groups is 1. The maximum atomic E-state index is 12.5. The second-order valence-corrected chi connectivity index (χ2v) is 6.79. The number of hydrogen-bond donors (Lipinski definition) is 2. The number of amides is 2. The molecular weight excluding hydrogens is 316 g/mol. The van der Waals surface area contributed by atoms with Crippen LogP contribution in [0.3, 0.4) is 0 Å². The van der Waals surface area contributed by atoms with E-state index in [-0.39, 0.29) is 18.0 Å². The Bertz CT molecular complexity index is 612. The number of rotatable bonds is 2. The van der Waals surface area contributed by atoms with E-state index in [1.807, 2.05) is 12.1 Å². The summed E-state index contributed by atoms with van der Waals surface area (Å²) in [6, 6.07) is 5.86. The smallest absolute Gasteiger partial charge is 0.317 e. The van der Waals surface area contributed by atoms with Crippen LogP contribution in [0.15, 0.2) is 18.2 Å². The molecule has 5 nitrogen and oxygen atoms in total. The number of carbonyl (C=O) groups is 2. The first-order chi connectivity index (χ1) is 11.0. The van der Waals surface area contributed by atoms with Crippen LogP contribution in [-0.4, -0.2) is 34.6 Å². The predicted molar refractivity (Wildman–Crippen MR) is 87.5 cm³/mol. The Balaban J connectivity index is 1.56. The number of carboxylic acids is 1. The van der Waals surface area contributed by atoms with Crippen LogP contribution in [0.5, 0.6) is 0 Å². The minimum atomic E-state index is -0.725. The lowest BCUT2D eigenvalue weighted by Crippen LogP contribution is -2.47. The summed E-state index contributed by atoms with van der Waals surface area (Å²) in [4.78, 5) is 25.2. The molecule has 0 atom stereocenters. The second kappa shape index (κ2) is 6.79. The number of halogens is 1. The quantitative estimate of drug-likeness (QED) is 0.872. The average molecular weight is 337 g/mol. The highest BCUT2D eigenvalue weighted by Gasteiger charge is 2.29. The number of benzene rings is 1. The van der Waals surface area contributed by atoms with E-state index in [0.29, 0.717) is 31.0 Å². The molecule has 6 heteroatoms. The van der Waals surface area contributed by atoms with E-state index in [2.05, 4.69) is 11.4 Å². The summed E-state index contributed by atoms with van der Waals surface area (Å²) in [5, 5.41) is 12.8. The van der Waals surface area contributed by atoms with E-state index in [9.17, 15) is 9.59 Å². The zero-order valence-electron chi connectivity index (χ0n) is 12.9. The van der Waals surface area contributed by atoms with Gasteiger partial charge < -0.3 is 15.3 Å². The van der Waals surface area contributed by atoms with Crippen molar-refractivity contribution in [1.29, 1.82) is 0 Å². The lowest BCUT2D eigenvalue weighted by Gasteiger charge is -2.33. The Labute approximate surface area is 140 Å². The third-order valence-electron chi connectivity index (χ3n) is 4.91. The average Bonchev–Trinajstić information content (AvgIpc) is 2.55. The van der Waals surface area contributed by atoms with Gasteiger partial charge in [-0.3, -0.25) is 4.79 Å². The van der Waals surface area contributed by atoms with E-state index < -0.39 is 5.97 Å². The van der Waals surface area contributed by atoms with Crippen molar-refractivity contribution >= 4 is 23.6 Å². The molecule has 1 heterocycles. The second-order valence-electron chi connectivity index (χ2n) is 6.39. The summed E-state index contributed by atoms with van der Waals surface area (Å²) < 4.78 is 0. The Morgan fingerprint density at radius 1 is 1.22 bits per heavy atom. The van der Waals surface area contributed by atoms with Gasteiger partial charge >= 0.3 is 12.0 Å². The van der Waals surface area contributed by atoms with Crippen molar-refractivity contribution in [2.45, 2.75) is 44.7 Å². The standard InChI is InChI=1S/C17H21ClN2O3/c18-15-3-1-2-11-8-9-20(10-14(11)15)17(23)19-13-6-4-12(5-7-13)16(21)22/h1-3,12-13H,4-10H2,(H,19,23)(H,21,22). The van der Waals surface area contributed by atoms with Gasteiger partial charge in [-0.1, -0.05) is 23.7 Å². The minimum absolute atomic E-state index is 0.0747. The number of fused-ring (bicyclic) bond motifs is 1. The van der Waals surface area contributed by atoms with Gasteiger partial charge in [0.05, 0.1) is 5.92 Å². The molecule has 23 heavy (non-hydrogen) atoms. The van der Waals surface area contributed by atoms with Crippen molar-refractivity contribution in [2.75, 3.05) is 6.54 Å². The summed E-state index contributed by atoms with van der Waals surface area (Å²) in [5.74, 6) is -0.985. The third-order valence-corrected chi connectivity index (χ3v) is 5.26. The summed E-state index contributed by atoms with van der Waals surface area (Å²) in [7, 11) is 0. The molecule has 124 valence electrons. The van der Waals surface area contributed by atoms with E-state index in [0.717, 1.165) is 24.8 Å². The summed E-state index contributed by atoms with van der Waals surface area (Å²) in [5.41, 5.74) is 2.24. The van der Waals surface area contributed by atoms with Crippen LogP contribution in [0.1, 0.15) is 36.8 Å². The molecule has 1 fully saturated rings. The highest BCUT2D eigenvalue weighted by Crippen LogP contribution is 2.27. The number of nitrogens with one attached hydrogen (secondary N) is 1. The molecule has 1 aliphatic heterocycles. The lowest BCUT2D eigenvalue weighted by molar-refractivity contribution is -0.142. The van der Waals surface area contributed by atoms with E-state index >= 15 is 0 Å². The first-order valence-corrected chi connectivity index (χ1v) is 8.47. The molecule has 0 saturated heterocycles. The topological polar surface area (TPSA) is 69.6 Å². The van der Waals surface area contributed by atoms with Gasteiger partial charge in [-0.25, -0.2) is 4.79 Å². The summed E-state index contributed by atoms with van der Waals surface area (Å²) in [6.07, 6.45) is 3.54. The van der Waals surface area contributed by atoms with Crippen molar-refractivity contribution in [1.82, 2.24) is 10.2 Å². The molecular formula is C17H21ClN2O3. The number of hydrogen-bond acceptors (Lipinski definition) is 2. The minimum Gasteiger partial charge on any atom is -0.481 e. The van der Waals surface area contributed by atoms with Crippen LogP contribution in [-0.2, 0) is 17.8 Å². The van der Waals surface area contributed by atoms with Crippen molar-refractivity contribution in [3.63, 3.8) is 0 Å². The zero-order chi connectivity index (χ0) is 16.4. The molecule has 0 aromatic heterocycles. The summed E-state index contributed by atoms with van der Waals surface area (Å²) in [6.45, 7) is 1.22. The van der Waals surface area contributed by atoms with Crippen molar-refractivity contribution < 1.29 is 14.7 Å². The van der Waals surface area contributed by atoms with Crippen molar-refractivity contribution in [3.05, 3.63) is 34.3 Å². The molecule has 3 rings (SSSR count). The number of aliphatic carboxylic acids is 1. The molecule has 1 aromatic rings. The van der Waals surface area contributed by atoms with Crippen molar-refractivity contribution in [2.24, 2.45) is 5.92 Å². The van der Waals surface area contributed by atoms with Gasteiger partial charge in [0, 0.05) is 24.2 Å². The molecule has 1 aliphatic carbocycles. The fourth-order valence-electron chi connectivity index (χ4n) is 3.46. The maximum absolute atomic E-state index is 12.5. The van der Waals surface area contributed by atoms with Gasteiger partial charge in [0.25, 0.3) is 0 Å². The Kier molecular flexibility index (Phi) is 4.76.